The molecule has 0 saturated heterocycles. The third-order valence-electron chi connectivity index (χ3n) is 2.76. The minimum Gasteiger partial charge on any atom is -0.393 e. The van der Waals surface area contributed by atoms with Crippen molar-refractivity contribution in [1.29, 1.82) is 0 Å². The van der Waals surface area contributed by atoms with Gasteiger partial charge < -0.3 is 5.11 Å². The Morgan fingerprint density at radius 1 is 1.38 bits per heavy atom. The van der Waals surface area contributed by atoms with Gasteiger partial charge in [0, 0.05) is 4.47 Å². The lowest BCUT2D eigenvalue weighted by Gasteiger charge is -2.02. The van der Waals surface area contributed by atoms with E-state index in [4.69, 9.17) is 0 Å². The minimum absolute atomic E-state index is 0.159. The smallest absolute Gasteiger partial charge is 0.0546 e. The summed E-state index contributed by atoms with van der Waals surface area (Å²) in [6.07, 6.45) is 0.980. The second-order valence-corrected chi connectivity index (χ2v) is 4.71. The van der Waals surface area contributed by atoms with Crippen LogP contribution in [0.4, 0.5) is 0 Å². The Hall–Kier alpha value is -0.340. The van der Waals surface area contributed by atoms with Crippen molar-refractivity contribution in [3.63, 3.8) is 0 Å². The third-order valence-corrected chi connectivity index (χ3v) is 3.29. The van der Waals surface area contributed by atoms with Crippen molar-refractivity contribution in [2.24, 2.45) is 5.92 Å². The fourth-order valence-corrected chi connectivity index (χ4v) is 2.11. The zero-order valence-corrected chi connectivity index (χ0v) is 9.16. The van der Waals surface area contributed by atoms with Crippen molar-refractivity contribution < 1.29 is 5.11 Å². The van der Waals surface area contributed by atoms with Gasteiger partial charge in [0.25, 0.3) is 0 Å². The van der Waals surface area contributed by atoms with E-state index in [0.29, 0.717) is 11.8 Å². The number of hydrogen-bond donors (Lipinski definition) is 1. The van der Waals surface area contributed by atoms with Crippen molar-refractivity contribution in [3.05, 3.63) is 34.3 Å². The number of aliphatic hydroxyl groups excluding tert-OH is 1. The molecule has 1 aromatic rings. The number of rotatable bonds is 2. The van der Waals surface area contributed by atoms with E-state index >= 15 is 0 Å². The molecule has 1 nitrogen and oxygen atoms in total. The zero-order chi connectivity index (χ0) is 9.42. The highest BCUT2D eigenvalue weighted by Gasteiger charge is 2.41. The number of halogens is 1. The van der Waals surface area contributed by atoms with Gasteiger partial charge in [-0.05, 0) is 42.9 Å². The summed E-state index contributed by atoms with van der Waals surface area (Å²) in [5.41, 5.74) is 1.36. The van der Waals surface area contributed by atoms with Gasteiger partial charge in [0.2, 0.25) is 0 Å². The van der Waals surface area contributed by atoms with Gasteiger partial charge in [0.05, 0.1) is 6.10 Å². The molecule has 0 aromatic heterocycles. The number of aliphatic hydroxyl groups is 1. The van der Waals surface area contributed by atoms with Crippen LogP contribution in [0.1, 0.15) is 24.8 Å². The second kappa shape index (κ2) is 3.43. The van der Waals surface area contributed by atoms with Crippen LogP contribution in [0.5, 0.6) is 0 Å². The van der Waals surface area contributed by atoms with Gasteiger partial charge >= 0.3 is 0 Å². The lowest BCUT2D eigenvalue weighted by Crippen LogP contribution is -2.03. The van der Waals surface area contributed by atoms with Crippen LogP contribution in [0.2, 0.25) is 0 Å². The van der Waals surface area contributed by atoms with E-state index in [-0.39, 0.29) is 6.10 Å². The zero-order valence-electron chi connectivity index (χ0n) is 7.57. The maximum Gasteiger partial charge on any atom is 0.0546 e. The Labute approximate surface area is 86.9 Å². The van der Waals surface area contributed by atoms with Crippen molar-refractivity contribution in [3.8, 4) is 0 Å². The molecule has 0 heterocycles. The summed E-state index contributed by atoms with van der Waals surface area (Å²) in [4.78, 5) is 0. The fraction of sp³-hybridized carbons (Fsp3) is 0.455. The van der Waals surface area contributed by atoms with Crippen LogP contribution in [0.15, 0.2) is 28.7 Å². The summed E-state index contributed by atoms with van der Waals surface area (Å²) >= 11 is 3.41. The van der Waals surface area contributed by atoms with Crippen LogP contribution in [0.25, 0.3) is 0 Å². The normalized spacial score (nSPS) is 28.5. The summed E-state index contributed by atoms with van der Waals surface area (Å²) in [7, 11) is 0. The second-order valence-electron chi connectivity index (χ2n) is 3.80. The van der Waals surface area contributed by atoms with Gasteiger partial charge in [0.1, 0.15) is 0 Å². The number of hydrogen-bond acceptors (Lipinski definition) is 1. The Balaban J connectivity index is 2.08. The third kappa shape index (κ3) is 1.94. The Morgan fingerprint density at radius 3 is 2.46 bits per heavy atom. The molecule has 1 aliphatic rings. The molecule has 0 radical (unpaired) electrons. The average Bonchev–Trinajstić information content (AvgIpc) is 2.85. The van der Waals surface area contributed by atoms with Crippen LogP contribution in [0.3, 0.4) is 0 Å². The van der Waals surface area contributed by atoms with E-state index in [1.54, 1.807) is 0 Å². The molecule has 1 aromatic carbocycles. The van der Waals surface area contributed by atoms with E-state index in [0.717, 1.165) is 10.9 Å². The molecule has 0 amide bonds. The van der Waals surface area contributed by atoms with E-state index in [9.17, 15) is 5.11 Å². The molecule has 0 aliphatic heterocycles. The molecule has 3 atom stereocenters. The summed E-state index contributed by atoms with van der Waals surface area (Å²) < 4.78 is 1.12. The van der Waals surface area contributed by atoms with E-state index in [2.05, 4.69) is 40.2 Å². The van der Waals surface area contributed by atoms with Crippen molar-refractivity contribution in [2.45, 2.75) is 25.4 Å². The average molecular weight is 241 g/mol. The highest BCUT2D eigenvalue weighted by atomic mass is 79.9. The quantitative estimate of drug-likeness (QED) is 0.843. The molecule has 1 N–H and O–H groups in total. The van der Waals surface area contributed by atoms with Gasteiger partial charge in [-0.1, -0.05) is 28.1 Å². The van der Waals surface area contributed by atoms with Crippen LogP contribution in [0, 0.1) is 5.92 Å². The predicted molar refractivity (Wildman–Crippen MR) is 56.7 cm³/mol. The lowest BCUT2D eigenvalue weighted by atomic mass is 10.1. The minimum atomic E-state index is -0.159. The highest BCUT2D eigenvalue weighted by Crippen LogP contribution is 2.49. The predicted octanol–water partition coefficient (Wildman–Crippen LogP) is 2.93. The molecule has 0 unspecified atom stereocenters. The largest absolute Gasteiger partial charge is 0.393 e. The molecular formula is C11H13BrO. The SMILES string of the molecule is C[C@H](O)[C@@H]1C[C@H]1c1ccc(Br)cc1. The molecule has 1 fully saturated rings. The molecule has 1 saturated carbocycles. The Morgan fingerprint density at radius 2 is 2.00 bits per heavy atom. The maximum atomic E-state index is 9.37. The first-order chi connectivity index (χ1) is 6.18. The van der Waals surface area contributed by atoms with Crippen LogP contribution >= 0.6 is 15.9 Å². The van der Waals surface area contributed by atoms with Gasteiger partial charge in [-0.3, -0.25) is 0 Å². The van der Waals surface area contributed by atoms with Crippen molar-refractivity contribution >= 4 is 15.9 Å². The molecular weight excluding hydrogens is 228 g/mol. The summed E-state index contributed by atoms with van der Waals surface area (Å²) in [5, 5.41) is 9.37. The van der Waals surface area contributed by atoms with E-state index in [1.807, 2.05) is 6.92 Å². The van der Waals surface area contributed by atoms with Crippen molar-refractivity contribution in [1.82, 2.24) is 0 Å². The molecule has 1 aliphatic carbocycles. The van der Waals surface area contributed by atoms with Gasteiger partial charge in [-0.25, -0.2) is 0 Å². The monoisotopic (exact) mass is 240 g/mol. The lowest BCUT2D eigenvalue weighted by molar-refractivity contribution is 0.169. The first kappa shape index (κ1) is 9.22. The summed E-state index contributed by atoms with van der Waals surface area (Å²) in [6.45, 7) is 1.88. The maximum absolute atomic E-state index is 9.37. The van der Waals surface area contributed by atoms with Gasteiger partial charge in [-0.15, -0.1) is 0 Å². The Kier molecular flexibility index (Phi) is 2.43. The topological polar surface area (TPSA) is 20.2 Å². The van der Waals surface area contributed by atoms with Crippen LogP contribution in [-0.4, -0.2) is 11.2 Å². The van der Waals surface area contributed by atoms with Gasteiger partial charge in [-0.2, -0.15) is 0 Å². The molecule has 70 valence electrons. The van der Waals surface area contributed by atoms with Crippen LogP contribution < -0.4 is 0 Å². The first-order valence-electron chi connectivity index (χ1n) is 4.62. The molecule has 13 heavy (non-hydrogen) atoms. The van der Waals surface area contributed by atoms with Crippen molar-refractivity contribution in [2.75, 3.05) is 0 Å². The molecule has 0 bridgehead atoms. The first-order valence-corrected chi connectivity index (χ1v) is 5.41. The van der Waals surface area contributed by atoms with Gasteiger partial charge in [0.15, 0.2) is 0 Å². The number of benzene rings is 1. The van der Waals surface area contributed by atoms with E-state index < -0.39 is 0 Å². The molecule has 2 rings (SSSR count). The molecule has 2 heteroatoms. The van der Waals surface area contributed by atoms with E-state index in [1.165, 1.54) is 5.56 Å². The Bertz CT molecular complexity index is 291. The fourth-order valence-electron chi connectivity index (χ4n) is 1.84. The summed E-state index contributed by atoms with van der Waals surface area (Å²) in [6, 6.07) is 8.40. The van der Waals surface area contributed by atoms with Crippen LogP contribution in [-0.2, 0) is 0 Å². The standard InChI is InChI=1S/C11H13BrO/c1-7(13)10-6-11(10)8-2-4-9(12)5-3-8/h2-5,7,10-11,13H,6H2,1H3/t7-,10-,11-/m0/s1. The highest BCUT2D eigenvalue weighted by molar-refractivity contribution is 9.10. The molecule has 0 spiro atoms. The summed E-state index contributed by atoms with van der Waals surface area (Å²) in [5.74, 6) is 1.08.